The van der Waals surface area contributed by atoms with Crippen LogP contribution in [0.1, 0.15) is 50.0 Å². The van der Waals surface area contributed by atoms with Crippen LogP contribution in [0.25, 0.3) is 0 Å². The normalized spacial score (nSPS) is 24.8. The third-order valence-corrected chi connectivity index (χ3v) is 7.84. The number of piperidine rings is 1. The molecule has 5 nitrogen and oxygen atoms in total. The molecular weight excluding hydrogens is 366 g/mol. The first-order valence-electron chi connectivity index (χ1n) is 11.0. The van der Waals surface area contributed by atoms with Gasteiger partial charge in [-0.05, 0) is 31.2 Å². The van der Waals surface area contributed by atoms with Crippen molar-refractivity contribution in [2.45, 2.75) is 50.5 Å². The van der Waals surface area contributed by atoms with E-state index in [1.54, 1.807) is 11.3 Å². The first kappa shape index (κ1) is 18.4. The van der Waals surface area contributed by atoms with Gasteiger partial charge in [-0.25, -0.2) is 0 Å². The van der Waals surface area contributed by atoms with Gasteiger partial charge in [0.05, 0.1) is 0 Å². The zero-order valence-electron chi connectivity index (χ0n) is 16.7. The van der Waals surface area contributed by atoms with E-state index < -0.39 is 0 Å². The van der Waals surface area contributed by atoms with Crippen molar-refractivity contribution in [1.29, 1.82) is 0 Å². The fraction of sp³-hybridized carbons (Fsp3) is 0.636. The molecule has 6 heteroatoms. The van der Waals surface area contributed by atoms with Gasteiger partial charge in [-0.3, -0.25) is 4.90 Å². The Bertz CT molecular complexity index is 749. The van der Waals surface area contributed by atoms with E-state index in [-0.39, 0.29) is 0 Å². The van der Waals surface area contributed by atoms with Gasteiger partial charge in [-0.15, -0.1) is 10.2 Å². The van der Waals surface area contributed by atoms with Crippen molar-refractivity contribution >= 4 is 21.6 Å². The molecule has 2 aromatic rings. The Balaban J connectivity index is 1.20. The van der Waals surface area contributed by atoms with E-state index in [0.717, 1.165) is 42.5 Å². The Morgan fingerprint density at radius 1 is 0.750 bits per heavy atom. The molecule has 1 unspecified atom stereocenters. The van der Waals surface area contributed by atoms with Crippen LogP contribution in [0, 0.1) is 0 Å². The van der Waals surface area contributed by atoms with Crippen LogP contribution in [0.3, 0.4) is 0 Å². The number of hydrogen-bond acceptors (Lipinski definition) is 6. The maximum absolute atomic E-state index is 4.58. The summed E-state index contributed by atoms with van der Waals surface area (Å²) >= 11 is 1.79. The van der Waals surface area contributed by atoms with Crippen molar-refractivity contribution in [3.63, 3.8) is 0 Å². The molecule has 3 fully saturated rings. The Morgan fingerprint density at radius 2 is 1.46 bits per heavy atom. The van der Waals surface area contributed by atoms with Crippen molar-refractivity contribution < 1.29 is 0 Å². The van der Waals surface area contributed by atoms with Gasteiger partial charge in [-0.1, -0.05) is 54.5 Å². The van der Waals surface area contributed by atoms with Crippen LogP contribution in [0.15, 0.2) is 30.3 Å². The SMILES string of the molecule is c1ccc(C2CCCN(c3nnc(N4CCN(C5CCCC5)CC4)s3)C2)cc1. The van der Waals surface area contributed by atoms with E-state index in [1.165, 1.54) is 57.2 Å². The van der Waals surface area contributed by atoms with E-state index in [0.29, 0.717) is 5.92 Å². The smallest absolute Gasteiger partial charge is 0.210 e. The number of aromatic nitrogens is 2. The Kier molecular flexibility index (Phi) is 5.50. The average Bonchev–Trinajstić information content (AvgIpc) is 3.47. The molecule has 2 aliphatic heterocycles. The monoisotopic (exact) mass is 397 g/mol. The van der Waals surface area contributed by atoms with E-state index in [2.05, 4.69) is 55.2 Å². The first-order valence-corrected chi connectivity index (χ1v) is 11.8. The highest BCUT2D eigenvalue weighted by Crippen LogP contribution is 2.34. The summed E-state index contributed by atoms with van der Waals surface area (Å²) in [6.45, 7) is 6.72. The molecular formula is C22H31N5S. The van der Waals surface area contributed by atoms with Crippen LogP contribution in [-0.2, 0) is 0 Å². The lowest BCUT2D eigenvalue weighted by Gasteiger charge is -2.37. The van der Waals surface area contributed by atoms with Crippen LogP contribution in [-0.4, -0.2) is 60.4 Å². The number of rotatable bonds is 4. The van der Waals surface area contributed by atoms with Gasteiger partial charge < -0.3 is 9.80 Å². The molecule has 1 saturated carbocycles. The molecule has 0 N–H and O–H groups in total. The maximum Gasteiger partial charge on any atom is 0.210 e. The van der Waals surface area contributed by atoms with Gasteiger partial charge in [-0.2, -0.15) is 0 Å². The molecule has 1 aromatic heterocycles. The van der Waals surface area contributed by atoms with Crippen molar-refractivity contribution in [2.24, 2.45) is 0 Å². The lowest BCUT2D eigenvalue weighted by molar-refractivity contribution is 0.187. The molecule has 0 spiro atoms. The van der Waals surface area contributed by atoms with E-state index >= 15 is 0 Å². The van der Waals surface area contributed by atoms with Crippen molar-refractivity contribution in [2.75, 3.05) is 49.1 Å². The summed E-state index contributed by atoms with van der Waals surface area (Å²) in [6.07, 6.45) is 8.15. The maximum atomic E-state index is 4.58. The largest absolute Gasteiger partial charge is 0.346 e. The van der Waals surface area contributed by atoms with E-state index in [4.69, 9.17) is 0 Å². The summed E-state index contributed by atoms with van der Waals surface area (Å²) in [4.78, 5) is 7.61. The molecule has 3 heterocycles. The minimum atomic E-state index is 0.609. The highest BCUT2D eigenvalue weighted by atomic mass is 32.1. The topological polar surface area (TPSA) is 35.5 Å². The molecule has 150 valence electrons. The number of anilines is 2. The van der Waals surface area contributed by atoms with Gasteiger partial charge in [0.15, 0.2) is 0 Å². The zero-order chi connectivity index (χ0) is 18.8. The summed E-state index contributed by atoms with van der Waals surface area (Å²) < 4.78 is 0. The van der Waals surface area contributed by atoms with Crippen LogP contribution in [0.2, 0.25) is 0 Å². The van der Waals surface area contributed by atoms with Crippen LogP contribution in [0.4, 0.5) is 10.3 Å². The standard InChI is InChI=1S/C22H31N5S/c1-2-7-18(8-3-1)19-9-6-12-27(17-19)22-24-23-21(28-22)26-15-13-25(14-16-26)20-10-4-5-11-20/h1-3,7-8,19-20H,4-6,9-17H2. The lowest BCUT2D eigenvalue weighted by Crippen LogP contribution is -2.49. The number of hydrogen-bond donors (Lipinski definition) is 0. The van der Waals surface area contributed by atoms with Crippen LogP contribution < -0.4 is 9.80 Å². The molecule has 0 amide bonds. The minimum Gasteiger partial charge on any atom is -0.346 e. The Hall–Kier alpha value is -1.66. The highest BCUT2D eigenvalue weighted by molar-refractivity contribution is 7.19. The van der Waals surface area contributed by atoms with Crippen LogP contribution in [0.5, 0.6) is 0 Å². The number of piperazine rings is 1. The van der Waals surface area contributed by atoms with Crippen molar-refractivity contribution in [1.82, 2.24) is 15.1 Å². The minimum absolute atomic E-state index is 0.609. The quantitative estimate of drug-likeness (QED) is 0.780. The number of benzene rings is 1. The molecule has 1 atom stereocenters. The van der Waals surface area contributed by atoms with Crippen molar-refractivity contribution in [3.05, 3.63) is 35.9 Å². The van der Waals surface area contributed by atoms with Gasteiger partial charge in [0.2, 0.25) is 10.3 Å². The molecule has 28 heavy (non-hydrogen) atoms. The zero-order valence-corrected chi connectivity index (χ0v) is 17.5. The van der Waals surface area contributed by atoms with Crippen LogP contribution >= 0.6 is 11.3 Å². The fourth-order valence-corrected chi connectivity index (χ4v) is 6.09. The highest BCUT2D eigenvalue weighted by Gasteiger charge is 2.28. The predicted molar refractivity (Wildman–Crippen MR) is 117 cm³/mol. The summed E-state index contributed by atoms with van der Waals surface area (Å²) in [5.74, 6) is 0.609. The van der Waals surface area contributed by atoms with Gasteiger partial charge in [0.1, 0.15) is 0 Å². The Labute approximate surface area is 172 Å². The molecule has 0 bridgehead atoms. The Morgan fingerprint density at radius 3 is 2.21 bits per heavy atom. The van der Waals surface area contributed by atoms with E-state index in [1.807, 2.05) is 0 Å². The summed E-state index contributed by atoms with van der Waals surface area (Å²) in [7, 11) is 0. The molecule has 0 radical (unpaired) electrons. The fourth-order valence-electron chi connectivity index (χ4n) is 5.16. The second-order valence-corrected chi connectivity index (χ2v) is 9.46. The van der Waals surface area contributed by atoms with Gasteiger partial charge >= 0.3 is 0 Å². The molecule has 5 rings (SSSR count). The molecule has 2 saturated heterocycles. The third kappa shape index (κ3) is 3.90. The third-order valence-electron chi connectivity index (χ3n) is 6.79. The average molecular weight is 398 g/mol. The predicted octanol–water partition coefficient (Wildman–Crippen LogP) is 3.99. The molecule has 1 aromatic carbocycles. The summed E-state index contributed by atoms with van der Waals surface area (Å²) in [6, 6.07) is 11.8. The summed E-state index contributed by atoms with van der Waals surface area (Å²) in [5.41, 5.74) is 1.46. The molecule has 3 aliphatic rings. The second-order valence-electron chi connectivity index (χ2n) is 8.52. The van der Waals surface area contributed by atoms with Gasteiger partial charge in [0, 0.05) is 51.2 Å². The number of nitrogens with zero attached hydrogens (tertiary/aromatic N) is 5. The second kappa shape index (κ2) is 8.37. The first-order chi connectivity index (χ1) is 13.9. The lowest BCUT2D eigenvalue weighted by atomic mass is 9.91. The van der Waals surface area contributed by atoms with Gasteiger partial charge in [0.25, 0.3) is 0 Å². The van der Waals surface area contributed by atoms with Crippen molar-refractivity contribution in [3.8, 4) is 0 Å². The molecule has 1 aliphatic carbocycles. The summed E-state index contributed by atoms with van der Waals surface area (Å²) in [5, 5.41) is 11.4. The van der Waals surface area contributed by atoms with E-state index in [9.17, 15) is 0 Å².